The molecule has 0 heterocycles. The molecule has 2 aliphatic carbocycles. The van der Waals surface area contributed by atoms with Crippen molar-refractivity contribution in [3.63, 3.8) is 0 Å². The Labute approximate surface area is 109 Å². The van der Waals surface area contributed by atoms with E-state index in [1.807, 2.05) is 0 Å². The normalized spacial score (nSPS) is 21.3. The Balaban J connectivity index is 1.57. The fourth-order valence-corrected chi connectivity index (χ4v) is 2.92. The summed E-state index contributed by atoms with van der Waals surface area (Å²) < 4.78 is 13.6. The zero-order valence-electron chi connectivity index (χ0n) is 11.1. The van der Waals surface area contributed by atoms with Gasteiger partial charge >= 0.3 is 0 Å². The average molecular weight is 244 g/mol. The minimum absolute atomic E-state index is 0.593. The molecule has 1 atom stereocenters. The van der Waals surface area contributed by atoms with Gasteiger partial charge in [0.2, 0.25) is 0 Å². The maximum absolute atomic E-state index is 13.6. The molecule has 0 saturated heterocycles. The molecule has 0 nitrogen and oxygen atoms in total. The number of halogens is 1. The van der Waals surface area contributed by atoms with Crippen LogP contribution in [0.4, 0.5) is 4.39 Å². The average Bonchev–Trinajstić information content (AvgIpc) is 2.98. The van der Waals surface area contributed by atoms with E-state index in [-0.39, 0.29) is 0 Å². The zero-order valence-corrected chi connectivity index (χ0v) is 11.1. The largest absolute Gasteiger partial charge is 0.244 e. The standard InChI is InChI=1S/C17H21F/c1-13(8-9-17(18)10-11-17)12-15-7-6-14-4-2-3-5-16(14)15/h2-5,7,13H,6,8-12H2,1H3/t13-/m0/s1. The molecule has 0 radical (unpaired) electrons. The van der Waals surface area contributed by atoms with Gasteiger partial charge in [0.05, 0.1) is 0 Å². The van der Waals surface area contributed by atoms with E-state index in [0.29, 0.717) is 5.92 Å². The van der Waals surface area contributed by atoms with Crippen molar-refractivity contribution in [1.82, 2.24) is 0 Å². The lowest BCUT2D eigenvalue weighted by Gasteiger charge is -2.14. The molecule has 1 aromatic carbocycles. The molecule has 0 spiro atoms. The monoisotopic (exact) mass is 244 g/mol. The first-order valence-corrected chi connectivity index (χ1v) is 7.12. The number of fused-ring (bicyclic) bond motifs is 1. The van der Waals surface area contributed by atoms with Gasteiger partial charge in [-0.15, -0.1) is 0 Å². The Morgan fingerprint density at radius 2 is 2.06 bits per heavy atom. The number of alkyl halides is 1. The predicted octanol–water partition coefficient (Wildman–Crippen LogP) is 4.93. The number of rotatable bonds is 5. The van der Waals surface area contributed by atoms with E-state index in [0.717, 1.165) is 38.5 Å². The van der Waals surface area contributed by atoms with Gasteiger partial charge in [0, 0.05) is 0 Å². The maximum atomic E-state index is 13.6. The third-order valence-electron chi connectivity index (χ3n) is 4.38. The Morgan fingerprint density at radius 1 is 1.28 bits per heavy atom. The van der Waals surface area contributed by atoms with Crippen molar-refractivity contribution in [3.05, 3.63) is 41.5 Å². The summed E-state index contributed by atoms with van der Waals surface area (Å²) in [5.41, 5.74) is 3.56. The van der Waals surface area contributed by atoms with Gasteiger partial charge in [0.1, 0.15) is 5.67 Å². The first-order chi connectivity index (χ1) is 8.66. The van der Waals surface area contributed by atoms with Crippen molar-refractivity contribution in [2.75, 3.05) is 0 Å². The lowest BCUT2D eigenvalue weighted by molar-refractivity contribution is 0.268. The Hall–Kier alpha value is -1.11. The van der Waals surface area contributed by atoms with Gasteiger partial charge in [-0.1, -0.05) is 37.3 Å². The highest BCUT2D eigenvalue weighted by Crippen LogP contribution is 2.45. The van der Waals surface area contributed by atoms with E-state index in [2.05, 4.69) is 37.3 Å². The second-order valence-electron chi connectivity index (χ2n) is 6.09. The number of hydrogen-bond donors (Lipinski definition) is 0. The summed E-state index contributed by atoms with van der Waals surface area (Å²) in [4.78, 5) is 0. The van der Waals surface area contributed by atoms with Gasteiger partial charge in [0.15, 0.2) is 0 Å². The van der Waals surface area contributed by atoms with E-state index in [1.54, 1.807) is 0 Å². The van der Waals surface area contributed by atoms with Gasteiger partial charge in [0.25, 0.3) is 0 Å². The van der Waals surface area contributed by atoms with Gasteiger partial charge in [-0.25, -0.2) is 4.39 Å². The summed E-state index contributed by atoms with van der Waals surface area (Å²) in [5.74, 6) is 0.593. The second-order valence-corrected chi connectivity index (χ2v) is 6.09. The molecule has 0 N–H and O–H groups in total. The van der Waals surface area contributed by atoms with Crippen LogP contribution in [0.1, 0.15) is 50.2 Å². The molecule has 0 amide bonds. The third kappa shape index (κ3) is 2.50. The molecular weight excluding hydrogens is 223 g/mol. The van der Waals surface area contributed by atoms with Crippen LogP contribution in [0.25, 0.3) is 5.57 Å². The van der Waals surface area contributed by atoms with Crippen molar-refractivity contribution < 1.29 is 4.39 Å². The second kappa shape index (κ2) is 4.53. The summed E-state index contributed by atoms with van der Waals surface area (Å²) in [5, 5.41) is 0. The Morgan fingerprint density at radius 3 is 2.83 bits per heavy atom. The zero-order chi connectivity index (χ0) is 12.6. The molecule has 18 heavy (non-hydrogen) atoms. The summed E-state index contributed by atoms with van der Waals surface area (Å²) in [7, 11) is 0. The highest BCUT2D eigenvalue weighted by Gasteiger charge is 2.42. The van der Waals surface area contributed by atoms with E-state index >= 15 is 0 Å². The fourth-order valence-electron chi connectivity index (χ4n) is 2.92. The van der Waals surface area contributed by atoms with Crippen molar-refractivity contribution in [3.8, 4) is 0 Å². The van der Waals surface area contributed by atoms with Gasteiger partial charge in [-0.3, -0.25) is 0 Å². The molecule has 1 fully saturated rings. The molecule has 0 bridgehead atoms. The Bertz CT molecular complexity index is 468. The van der Waals surface area contributed by atoms with Crippen LogP contribution < -0.4 is 0 Å². The minimum Gasteiger partial charge on any atom is -0.244 e. The summed E-state index contributed by atoms with van der Waals surface area (Å²) in [6, 6.07) is 8.66. The van der Waals surface area contributed by atoms with Crippen LogP contribution in [-0.4, -0.2) is 5.67 Å². The third-order valence-corrected chi connectivity index (χ3v) is 4.38. The van der Waals surface area contributed by atoms with E-state index in [1.165, 1.54) is 16.7 Å². The minimum atomic E-state index is -0.782. The van der Waals surface area contributed by atoms with Crippen molar-refractivity contribution in [2.24, 2.45) is 5.92 Å². The topological polar surface area (TPSA) is 0 Å². The number of hydrogen-bond acceptors (Lipinski definition) is 0. The molecule has 1 aromatic rings. The molecule has 0 unspecified atom stereocenters. The first-order valence-electron chi connectivity index (χ1n) is 7.12. The molecule has 1 saturated carbocycles. The molecular formula is C17H21F. The lowest BCUT2D eigenvalue weighted by atomic mass is 9.92. The fraction of sp³-hybridized carbons (Fsp3) is 0.529. The van der Waals surface area contributed by atoms with Crippen molar-refractivity contribution >= 4 is 5.57 Å². The SMILES string of the molecule is C[C@@H](CCC1(F)CC1)CC1=CCc2ccccc21. The quantitative estimate of drug-likeness (QED) is 0.688. The van der Waals surface area contributed by atoms with Gasteiger partial charge in [-0.2, -0.15) is 0 Å². The molecule has 3 rings (SSSR count). The molecule has 0 aromatic heterocycles. The van der Waals surface area contributed by atoms with E-state index < -0.39 is 5.67 Å². The number of allylic oxidation sites excluding steroid dienone is 2. The first kappa shape index (κ1) is 12.0. The molecule has 0 aliphatic heterocycles. The highest BCUT2D eigenvalue weighted by atomic mass is 19.1. The van der Waals surface area contributed by atoms with Crippen LogP contribution in [-0.2, 0) is 6.42 Å². The van der Waals surface area contributed by atoms with Crippen molar-refractivity contribution in [1.29, 1.82) is 0 Å². The highest BCUT2D eigenvalue weighted by molar-refractivity contribution is 5.73. The van der Waals surface area contributed by atoms with Gasteiger partial charge < -0.3 is 0 Å². The summed E-state index contributed by atoms with van der Waals surface area (Å²) >= 11 is 0. The summed E-state index contributed by atoms with van der Waals surface area (Å²) in [6.07, 6.45) is 7.91. The molecule has 96 valence electrons. The lowest BCUT2D eigenvalue weighted by Crippen LogP contribution is -2.04. The van der Waals surface area contributed by atoms with Crippen LogP contribution >= 0.6 is 0 Å². The van der Waals surface area contributed by atoms with Crippen LogP contribution in [0, 0.1) is 5.92 Å². The van der Waals surface area contributed by atoms with E-state index in [4.69, 9.17) is 0 Å². The smallest absolute Gasteiger partial charge is 0.111 e. The molecule has 2 aliphatic rings. The van der Waals surface area contributed by atoms with E-state index in [9.17, 15) is 4.39 Å². The Kier molecular flexibility index (Phi) is 3.01. The number of benzene rings is 1. The summed E-state index contributed by atoms with van der Waals surface area (Å²) in [6.45, 7) is 2.26. The van der Waals surface area contributed by atoms with Crippen molar-refractivity contribution in [2.45, 2.75) is 51.1 Å². The maximum Gasteiger partial charge on any atom is 0.111 e. The molecule has 1 heteroatoms. The van der Waals surface area contributed by atoms with Crippen LogP contribution in [0.3, 0.4) is 0 Å². The van der Waals surface area contributed by atoms with Gasteiger partial charge in [-0.05, 0) is 61.1 Å². The van der Waals surface area contributed by atoms with Crippen LogP contribution in [0.2, 0.25) is 0 Å². The van der Waals surface area contributed by atoms with Crippen LogP contribution in [0.15, 0.2) is 30.3 Å². The van der Waals surface area contributed by atoms with Crippen LogP contribution in [0.5, 0.6) is 0 Å². The predicted molar refractivity (Wildman–Crippen MR) is 74.2 cm³/mol.